The standard InChI is InChI=1S/C13H15ClN2O3/c1-19-13(18)9-3-2-6-16(8-9)12(17)10-4-5-15-7-11(10)14/h4-5,7,9H,2-3,6,8H2,1H3/t9-/m0/s1. The summed E-state index contributed by atoms with van der Waals surface area (Å²) in [7, 11) is 1.36. The summed E-state index contributed by atoms with van der Waals surface area (Å²) in [5.74, 6) is -0.678. The molecule has 2 heterocycles. The molecule has 1 aliphatic rings. The molecule has 5 nitrogen and oxygen atoms in total. The van der Waals surface area contributed by atoms with Crippen molar-refractivity contribution in [1.29, 1.82) is 0 Å². The zero-order chi connectivity index (χ0) is 13.8. The van der Waals surface area contributed by atoms with Gasteiger partial charge < -0.3 is 9.64 Å². The van der Waals surface area contributed by atoms with Gasteiger partial charge in [-0.3, -0.25) is 14.6 Å². The molecule has 0 radical (unpaired) electrons. The van der Waals surface area contributed by atoms with Crippen LogP contribution in [-0.4, -0.2) is 42.0 Å². The van der Waals surface area contributed by atoms with E-state index in [2.05, 4.69) is 4.98 Å². The molecule has 0 bridgehead atoms. The lowest BCUT2D eigenvalue weighted by Crippen LogP contribution is -2.42. The molecule has 0 unspecified atom stereocenters. The fourth-order valence-electron chi connectivity index (χ4n) is 2.24. The minimum atomic E-state index is -0.265. The number of aromatic nitrogens is 1. The van der Waals surface area contributed by atoms with Crippen LogP contribution >= 0.6 is 11.6 Å². The van der Waals surface area contributed by atoms with E-state index in [0.29, 0.717) is 23.7 Å². The highest BCUT2D eigenvalue weighted by Crippen LogP contribution is 2.22. The third-order valence-electron chi connectivity index (χ3n) is 3.25. The molecule has 0 aliphatic carbocycles. The molecule has 0 spiro atoms. The van der Waals surface area contributed by atoms with E-state index in [4.69, 9.17) is 16.3 Å². The molecular formula is C13H15ClN2O3. The number of piperidine rings is 1. The van der Waals surface area contributed by atoms with Crippen molar-refractivity contribution in [3.63, 3.8) is 0 Å². The maximum atomic E-state index is 12.3. The highest BCUT2D eigenvalue weighted by molar-refractivity contribution is 6.33. The number of rotatable bonds is 2. The van der Waals surface area contributed by atoms with E-state index in [9.17, 15) is 9.59 Å². The molecule has 1 aromatic rings. The van der Waals surface area contributed by atoms with Crippen LogP contribution in [0.2, 0.25) is 5.02 Å². The van der Waals surface area contributed by atoms with Gasteiger partial charge in [0, 0.05) is 25.5 Å². The van der Waals surface area contributed by atoms with Crippen LogP contribution < -0.4 is 0 Å². The topological polar surface area (TPSA) is 59.5 Å². The fourth-order valence-corrected chi connectivity index (χ4v) is 2.44. The van der Waals surface area contributed by atoms with E-state index < -0.39 is 0 Å². The average Bonchev–Trinajstić information content (AvgIpc) is 2.46. The summed E-state index contributed by atoms with van der Waals surface area (Å²) in [5, 5.41) is 0.327. The number of esters is 1. The van der Waals surface area contributed by atoms with Crippen LogP contribution in [0, 0.1) is 5.92 Å². The zero-order valence-corrected chi connectivity index (χ0v) is 11.4. The number of likely N-dealkylation sites (tertiary alicyclic amines) is 1. The Labute approximate surface area is 116 Å². The van der Waals surface area contributed by atoms with Crippen molar-refractivity contribution in [2.24, 2.45) is 5.92 Å². The molecule has 1 fully saturated rings. The van der Waals surface area contributed by atoms with E-state index in [-0.39, 0.29) is 17.8 Å². The Kier molecular flexibility index (Phi) is 4.37. The highest BCUT2D eigenvalue weighted by Gasteiger charge is 2.30. The summed E-state index contributed by atoms with van der Waals surface area (Å²) in [6, 6.07) is 1.59. The van der Waals surface area contributed by atoms with Crippen molar-refractivity contribution in [2.45, 2.75) is 12.8 Å². The Morgan fingerprint density at radius 3 is 3.00 bits per heavy atom. The SMILES string of the molecule is COC(=O)[C@H]1CCCN(C(=O)c2ccncc2Cl)C1. The van der Waals surface area contributed by atoms with Crippen molar-refractivity contribution in [3.8, 4) is 0 Å². The molecule has 6 heteroatoms. The monoisotopic (exact) mass is 282 g/mol. The van der Waals surface area contributed by atoms with Gasteiger partial charge in [-0.15, -0.1) is 0 Å². The van der Waals surface area contributed by atoms with Gasteiger partial charge in [0.05, 0.1) is 23.6 Å². The minimum Gasteiger partial charge on any atom is -0.469 e. The van der Waals surface area contributed by atoms with Crippen LogP contribution in [-0.2, 0) is 9.53 Å². The van der Waals surface area contributed by atoms with E-state index in [1.807, 2.05) is 0 Å². The molecule has 0 saturated carbocycles. The van der Waals surface area contributed by atoms with Gasteiger partial charge in [0.1, 0.15) is 0 Å². The maximum absolute atomic E-state index is 12.3. The molecule has 1 amide bonds. The van der Waals surface area contributed by atoms with Gasteiger partial charge in [-0.05, 0) is 18.9 Å². The van der Waals surface area contributed by atoms with Crippen LogP contribution in [0.5, 0.6) is 0 Å². The molecule has 1 atom stereocenters. The molecule has 1 aromatic heterocycles. The van der Waals surface area contributed by atoms with E-state index >= 15 is 0 Å². The lowest BCUT2D eigenvalue weighted by atomic mass is 9.97. The number of carbonyl (C=O) groups is 2. The van der Waals surface area contributed by atoms with Gasteiger partial charge in [-0.2, -0.15) is 0 Å². The van der Waals surface area contributed by atoms with Gasteiger partial charge >= 0.3 is 5.97 Å². The Bertz CT molecular complexity index is 493. The van der Waals surface area contributed by atoms with Crippen molar-refractivity contribution < 1.29 is 14.3 Å². The van der Waals surface area contributed by atoms with Crippen LogP contribution in [0.3, 0.4) is 0 Å². The molecule has 0 aromatic carbocycles. The lowest BCUT2D eigenvalue weighted by Gasteiger charge is -2.31. The van der Waals surface area contributed by atoms with Crippen molar-refractivity contribution >= 4 is 23.5 Å². The van der Waals surface area contributed by atoms with Crippen LogP contribution in [0.25, 0.3) is 0 Å². The predicted molar refractivity (Wildman–Crippen MR) is 69.9 cm³/mol. The minimum absolute atomic E-state index is 0.166. The summed E-state index contributed by atoms with van der Waals surface area (Å²) < 4.78 is 4.73. The highest BCUT2D eigenvalue weighted by atomic mass is 35.5. The summed E-state index contributed by atoms with van der Waals surface area (Å²) in [6.45, 7) is 1.01. The van der Waals surface area contributed by atoms with Gasteiger partial charge in [-0.1, -0.05) is 11.6 Å². The van der Waals surface area contributed by atoms with Crippen molar-refractivity contribution in [2.75, 3.05) is 20.2 Å². The number of halogens is 1. The fraction of sp³-hybridized carbons (Fsp3) is 0.462. The second-order valence-electron chi connectivity index (χ2n) is 4.47. The van der Waals surface area contributed by atoms with Gasteiger partial charge in [0.15, 0.2) is 0 Å². The third kappa shape index (κ3) is 3.04. The van der Waals surface area contributed by atoms with Gasteiger partial charge in [-0.25, -0.2) is 0 Å². The molecule has 19 heavy (non-hydrogen) atoms. The number of amides is 1. The van der Waals surface area contributed by atoms with Crippen molar-refractivity contribution in [1.82, 2.24) is 9.88 Å². The smallest absolute Gasteiger partial charge is 0.310 e. The summed E-state index contributed by atoms with van der Waals surface area (Å²) >= 11 is 5.96. The summed E-state index contributed by atoms with van der Waals surface area (Å²) in [6.07, 6.45) is 4.51. The maximum Gasteiger partial charge on any atom is 0.310 e. The van der Waals surface area contributed by atoms with E-state index in [0.717, 1.165) is 12.8 Å². The van der Waals surface area contributed by atoms with E-state index in [1.54, 1.807) is 11.0 Å². The third-order valence-corrected chi connectivity index (χ3v) is 3.55. The normalized spacial score (nSPS) is 19.1. The first kappa shape index (κ1) is 13.8. The van der Waals surface area contributed by atoms with Crippen LogP contribution in [0.4, 0.5) is 0 Å². The quantitative estimate of drug-likeness (QED) is 0.776. The van der Waals surface area contributed by atoms with Gasteiger partial charge in [0.2, 0.25) is 0 Å². The van der Waals surface area contributed by atoms with Crippen molar-refractivity contribution in [3.05, 3.63) is 29.0 Å². The first-order chi connectivity index (χ1) is 9.13. The zero-order valence-electron chi connectivity index (χ0n) is 10.6. The Balaban J connectivity index is 2.11. The second-order valence-corrected chi connectivity index (χ2v) is 4.88. The largest absolute Gasteiger partial charge is 0.469 e. The first-order valence-corrected chi connectivity index (χ1v) is 6.48. The Morgan fingerprint density at radius 1 is 1.53 bits per heavy atom. The molecular weight excluding hydrogens is 268 g/mol. The number of methoxy groups -OCH3 is 1. The molecule has 102 valence electrons. The first-order valence-electron chi connectivity index (χ1n) is 6.10. The number of nitrogens with zero attached hydrogens (tertiary/aromatic N) is 2. The predicted octanol–water partition coefficient (Wildman–Crippen LogP) is 1.76. The summed E-state index contributed by atoms with van der Waals surface area (Å²) in [5.41, 5.74) is 0.419. The number of pyridine rings is 1. The number of hydrogen-bond donors (Lipinski definition) is 0. The van der Waals surface area contributed by atoms with Gasteiger partial charge in [0.25, 0.3) is 5.91 Å². The summed E-state index contributed by atoms with van der Waals surface area (Å²) in [4.78, 5) is 29.4. The van der Waals surface area contributed by atoms with E-state index in [1.165, 1.54) is 19.5 Å². The number of ether oxygens (including phenoxy) is 1. The molecule has 1 aliphatic heterocycles. The number of carbonyl (C=O) groups excluding carboxylic acids is 2. The Morgan fingerprint density at radius 2 is 2.32 bits per heavy atom. The lowest BCUT2D eigenvalue weighted by molar-refractivity contribution is -0.146. The molecule has 0 N–H and O–H groups in total. The van der Waals surface area contributed by atoms with Crippen LogP contribution in [0.15, 0.2) is 18.5 Å². The van der Waals surface area contributed by atoms with Crippen LogP contribution in [0.1, 0.15) is 23.2 Å². The molecule has 1 saturated heterocycles. The Hall–Kier alpha value is -1.62. The molecule has 2 rings (SSSR count). The average molecular weight is 283 g/mol. The second kappa shape index (κ2) is 6.02. The number of hydrogen-bond acceptors (Lipinski definition) is 4.